The van der Waals surface area contributed by atoms with Gasteiger partial charge in [0, 0.05) is 15.5 Å². The summed E-state index contributed by atoms with van der Waals surface area (Å²) >= 11 is 4.24. The van der Waals surface area contributed by atoms with Crippen LogP contribution >= 0.6 is 27.7 Å². The predicted octanol–water partition coefficient (Wildman–Crippen LogP) is 4.46. The van der Waals surface area contributed by atoms with Crippen molar-refractivity contribution in [3.05, 3.63) is 52.5 Å². The molecule has 2 aromatic carbocycles. The third-order valence-corrected chi connectivity index (χ3v) is 3.84. The highest BCUT2D eigenvalue weighted by Crippen LogP contribution is 2.36. The van der Waals surface area contributed by atoms with Crippen molar-refractivity contribution in [1.29, 1.82) is 0 Å². The van der Waals surface area contributed by atoms with Crippen LogP contribution in [0.2, 0.25) is 0 Å². The summed E-state index contributed by atoms with van der Waals surface area (Å²) in [4.78, 5) is 1.07. The summed E-state index contributed by atoms with van der Waals surface area (Å²) in [5.41, 5.74) is 5.97. The summed E-state index contributed by atoms with van der Waals surface area (Å²) in [5, 5.41) is 0. The number of nitrogen functional groups attached to an aromatic ring is 1. The Hall–Kier alpha value is -1.07. The topological polar surface area (TPSA) is 26.0 Å². The minimum atomic E-state index is -0.430. The quantitative estimate of drug-likeness (QED) is 0.828. The molecule has 2 N–H and O–H groups in total. The number of halogens is 3. The first-order valence-corrected chi connectivity index (χ1v) is 6.36. The summed E-state index contributed by atoms with van der Waals surface area (Å²) in [6.45, 7) is 0. The van der Waals surface area contributed by atoms with Crippen LogP contribution in [0.1, 0.15) is 0 Å². The standard InChI is InChI=1S/C12H8BrF2NS/c13-7-5-12(10(16)6-9(7)15)17-11-4-2-1-3-8(11)14/h1-6H,16H2. The number of nitrogens with two attached hydrogens (primary N) is 1. The first kappa shape index (κ1) is 12.4. The molecule has 2 aromatic rings. The van der Waals surface area contributed by atoms with Gasteiger partial charge in [0.2, 0.25) is 0 Å². The minimum Gasteiger partial charge on any atom is -0.398 e. The molecule has 0 fully saturated rings. The molecule has 5 heteroatoms. The molecule has 0 aliphatic carbocycles. The maximum atomic E-state index is 13.4. The van der Waals surface area contributed by atoms with Gasteiger partial charge in [-0.2, -0.15) is 0 Å². The zero-order valence-electron chi connectivity index (χ0n) is 8.58. The molecule has 17 heavy (non-hydrogen) atoms. The van der Waals surface area contributed by atoms with E-state index in [0.29, 0.717) is 20.0 Å². The van der Waals surface area contributed by atoms with Crippen LogP contribution in [-0.2, 0) is 0 Å². The van der Waals surface area contributed by atoms with E-state index in [9.17, 15) is 8.78 Å². The van der Waals surface area contributed by atoms with Crippen LogP contribution in [0, 0.1) is 11.6 Å². The Bertz CT molecular complexity index is 560. The second kappa shape index (κ2) is 5.06. The fraction of sp³-hybridized carbons (Fsp3) is 0. The van der Waals surface area contributed by atoms with Gasteiger partial charge in [0.15, 0.2) is 0 Å². The van der Waals surface area contributed by atoms with Gasteiger partial charge in [0.1, 0.15) is 11.6 Å². The molecular formula is C12H8BrF2NS. The Morgan fingerprint density at radius 1 is 1.00 bits per heavy atom. The van der Waals surface area contributed by atoms with Crippen LogP contribution in [-0.4, -0.2) is 0 Å². The van der Waals surface area contributed by atoms with Crippen molar-refractivity contribution in [3.8, 4) is 0 Å². The zero-order valence-corrected chi connectivity index (χ0v) is 11.0. The van der Waals surface area contributed by atoms with Gasteiger partial charge in [-0.25, -0.2) is 8.78 Å². The zero-order chi connectivity index (χ0) is 12.4. The molecule has 0 saturated heterocycles. The molecule has 0 spiro atoms. The molecule has 1 nitrogen and oxygen atoms in total. The van der Waals surface area contributed by atoms with E-state index in [-0.39, 0.29) is 5.82 Å². The molecule has 0 atom stereocenters. The fourth-order valence-corrected chi connectivity index (χ4v) is 2.68. The molecule has 0 aliphatic heterocycles. The normalized spacial score (nSPS) is 10.5. The molecule has 88 valence electrons. The highest BCUT2D eigenvalue weighted by molar-refractivity contribution is 9.10. The Kier molecular flexibility index (Phi) is 3.69. The number of benzene rings is 2. The first-order valence-electron chi connectivity index (χ1n) is 4.75. The van der Waals surface area contributed by atoms with E-state index >= 15 is 0 Å². The van der Waals surface area contributed by atoms with Crippen molar-refractivity contribution in [2.75, 3.05) is 5.73 Å². The van der Waals surface area contributed by atoms with Crippen molar-refractivity contribution < 1.29 is 8.78 Å². The lowest BCUT2D eigenvalue weighted by molar-refractivity contribution is 0.602. The van der Waals surface area contributed by atoms with E-state index < -0.39 is 5.82 Å². The Morgan fingerprint density at radius 2 is 1.71 bits per heavy atom. The van der Waals surface area contributed by atoms with Crippen LogP contribution in [0.4, 0.5) is 14.5 Å². The van der Waals surface area contributed by atoms with E-state index in [1.807, 2.05) is 0 Å². The molecule has 0 aliphatic rings. The number of anilines is 1. The van der Waals surface area contributed by atoms with E-state index in [1.54, 1.807) is 24.3 Å². The lowest BCUT2D eigenvalue weighted by Crippen LogP contribution is -1.91. The van der Waals surface area contributed by atoms with Gasteiger partial charge in [-0.1, -0.05) is 23.9 Å². The summed E-state index contributed by atoms with van der Waals surface area (Å²) in [6, 6.07) is 9.13. The summed E-state index contributed by atoms with van der Waals surface area (Å²) < 4.78 is 26.9. The van der Waals surface area contributed by atoms with E-state index in [4.69, 9.17) is 5.73 Å². The molecular weight excluding hydrogens is 308 g/mol. The van der Waals surface area contributed by atoms with Crippen LogP contribution in [0.3, 0.4) is 0 Å². The van der Waals surface area contributed by atoms with E-state index in [0.717, 1.165) is 0 Å². The Labute approximate surface area is 110 Å². The van der Waals surface area contributed by atoms with Gasteiger partial charge < -0.3 is 5.73 Å². The average molecular weight is 316 g/mol. The SMILES string of the molecule is Nc1cc(F)c(Br)cc1Sc1ccccc1F. The predicted molar refractivity (Wildman–Crippen MR) is 69.0 cm³/mol. The number of rotatable bonds is 2. The van der Waals surface area contributed by atoms with Gasteiger partial charge in [0.05, 0.1) is 4.47 Å². The Balaban J connectivity index is 2.37. The second-order valence-electron chi connectivity index (χ2n) is 3.34. The van der Waals surface area contributed by atoms with Crippen molar-refractivity contribution in [2.24, 2.45) is 0 Å². The number of hydrogen-bond donors (Lipinski definition) is 1. The fourth-order valence-electron chi connectivity index (χ4n) is 1.28. The van der Waals surface area contributed by atoms with E-state index in [2.05, 4.69) is 15.9 Å². The van der Waals surface area contributed by atoms with Gasteiger partial charge in [-0.05, 0) is 40.2 Å². The van der Waals surface area contributed by atoms with Gasteiger partial charge in [-0.3, -0.25) is 0 Å². The van der Waals surface area contributed by atoms with Crippen LogP contribution in [0.15, 0.2) is 50.7 Å². The van der Waals surface area contributed by atoms with Gasteiger partial charge in [0.25, 0.3) is 0 Å². The second-order valence-corrected chi connectivity index (χ2v) is 5.27. The molecule has 0 saturated carbocycles. The monoisotopic (exact) mass is 315 g/mol. The Morgan fingerprint density at radius 3 is 2.41 bits per heavy atom. The molecule has 0 radical (unpaired) electrons. The molecule has 0 bridgehead atoms. The number of hydrogen-bond acceptors (Lipinski definition) is 2. The smallest absolute Gasteiger partial charge is 0.139 e. The lowest BCUT2D eigenvalue weighted by atomic mass is 10.3. The minimum absolute atomic E-state index is 0.291. The molecule has 2 rings (SSSR count). The van der Waals surface area contributed by atoms with Crippen LogP contribution in [0.5, 0.6) is 0 Å². The molecule has 0 amide bonds. The highest BCUT2D eigenvalue weighted by Gasteiger charge is 2.09. The van der Waals surface area contributed by atoms with E-state index in [1.165, 1.54) is 23.9 Å². The van der Waals surface area contributed by atoms with Crippen molar-refractivity contribution in [2.45, 2.75) is 9.79 Å². The maximum absolute atomic E-state index is 13.4. The lowest BCUT2D eigenvalue weighted by Gasteiger charge is -2.07. The van der Waals surface area contributed by atoms with Crippen molar-refractivity contribution in [1.82, 2.24) is 0 Å². The van der Waals surface area contributed by atoms with Crippen LogP contribution < -0.4 is 5.73 Å². The maximum Gasteiger partial charge on any atom is 0.139 e. The summed E-state index contributed by atoms with van der Waals surface area (Å²) in [6.07, 6.45) is 0. The largest absolute Gasteiger partial charge is 0.398 e. The third-order valence-electron chi connectivity index (χ3n) is 2.11. The highest BCUT2D eigenvalue weighted by atomic mass is 79.9. The molecule has 0 heterocycles. The molecule has 0 unspecified atom stereocenters. The molecule has 0 aromatic heterocycles. The van der Waals surface area contributed by atoms with Crippen molar-refractivity contribution in [3.63, 3.8) is 0 Å². The van der Waals surface area contributed by atoms with Gasteiger partial charge >= 0.3 is 0 Å². The van der Waals surface area contributed by atoms with Gasteiger partial charge in [-0.15, -0.1) is 0 Å². The summed E-state index contributed by atoms with van der Waals surface area (Å²) in [7, 11) is 0. The van der Waals surface area contributed by atoms with Crippen molar-refractivity contribution >= 4 is 33.4 Å². The first-order chi connectivity index (χ1) is 8.08. The summed E-state index contributed by atoms with van der Waals surface area (Å²) in [5.74, 6) is -0.752. The van der Waals surface area contributed by atoms with Crippen LogP contribution in [0.25, 0.3) is 0 Å². The third kappa shape index (κ3) is 2.79. The average Bonchev–Trinajstić information content (AvgIpc) is 2.29.